The third kappa shape index (κ3) is 7.51. The Morgan fingerprint density at radius 2 is 1.72 bits per heavy atom. The molecule has 196 valence electrons. The summed E-state index contributed by atoms with van der Waals surface area (Å²) >= 11 is 0. The highest BCUT2D eigenvalue weighted by Crippen LogP contribution is 2.28. The molecule has 1 N–H and O–H groups in total. The molecule has 0 bridgehead atoms. The van der Waals surface area contributed by atoms with Crippen molar-refractivity contribution >= 4 is 33.2 Å². The van der Waals surface area contributed by atoms with Crippen molar-refractivity contribution in [3.05, 3.63) is 69.8 Å². The van der Waals surface area contributed by atoms with Gasteiger partial charge in [-0.15, -0.1) is 0 Å². The highest BCUT2D eigenvalue weighted by Gasteiger charge is 2.32. The monoisotopic (exact) mass is 518 g/mol. The van der Waals surface area contributed by atoms with Gasteiger partial charge in [0.1, 0.15) is 12.6 Å². The summed E-state index contributed by atoms with van der Waals surface area (Å²) in [4.78, 5) is 38.8. The molecule has 0 fully saturated rings. The van der Waals surface area contributed by atoms with E-state index in [2.05, 4.69) is 5.32 Å². The van der Waals surface area contributed by atoms with Gasteiger partial charge in [0.25, 0.3) is 5.69 Å². The first-order valence-corrected chi connectivity index (χ1v) is 13.6. The fourth-order valence-electron chi connectivity index (χ4n) is 3.72. The summed E-state index contributed by atoms with van der Waals surface area (Å²) in [6.45, 7) is 6.68. The Hall–Kier alpha value is -3.47. The summed E-state index contributed by atoms with van der Waals surface area (Å²) in [7, 11) is -4.00. The third-order valence-electron chi connectivity index (χ3n) is 5.93. The first kappa shape index (κ1) is 28.8. The van der Waals surface area contributed by atoms with Crippen LogP contribution >= 0.6 is 0 Å². The van der Waals surface area contributed by atoms with Crippen molar-refractivity contribution in [1.82, 2.24) is 10.2 Å². The van der Waals surface area contributed by atoms with Crippen LogP contribution in [0.1, 0.15) is 44.7 Å². The quantitative estimate of drug-likeness (QED) is 0.339. The van der Waals surface area contributed by atoms with E-state index in [1.165, 1.54) is 17.0 Å². The van der Waals surface area contributed by atoms with Crippen molar-refractivity contribution in [2.75, 3.05) is 17.1 Å². The summed E-state index contributed by atoms with van der Waals surface area (Å²) in [6.07, 6.45) is 1.96. The maximum atomic E-state index is 13.7. The van der Waals surface area contributed by atoms with Crippen LogP contribution in [0.2, 0.25) is 0 Å². The van der Waals surface area contributed by atoms with Crippen LogP contribution in [-0.4, -0.2) is 54.9 Å². The Morgan fingerprint density at radius 3 is 2.25 bits per heavy atom. The average Bonchev–Trinajstić information content (AvgIpc) is 2.82. The van der Waals surface area contributed by atoms with Gasteiger partial charge in [-0.2, -0.15) is 0 Å². The van der Waals surface area contributed by atoms with Crippen molar-refractivity contribution < 1.29 is 22.9 Å². The van der Waals surface area contributed by atoms with Crippen LogP contribution in [0, 0.1) is 17.0 Å². The fourth-order valence-corrected chi connectivity index (χ4v) is 4.61. The molecule has 0 unspecified atom stereocenters. The van der Waals surface area contributed by atoms with Crippen molar-refractivity contribution in [1.29, 1.82) is 0 Å². The number of nitro groups is 1. The van der Waals surface area contributed by atoms with Gasteiger partial charge in [-0.1, -0.05) is 50.2 Å². The van der Waals surface area contributed by atoms with E-state index in [1.807, 2.05) is 44.2 Å². The van der Waals surface area contributed by atoms with Crippen LogP contribution in [0.3, 0.4) is 0 Å². The molecule has 2 aromatic rings. The van der Waals surface area contributed by atoms with E-state index in [0.29, 0.717) is 18.4 Å². The van der Waals surface area contributed by atoms with E-state index in [9.17, 15) is 28.1 Å². The Morgan fingerprint density at radius 1 is 1.08 bits per heavy atom. The third-order valence-corrected chi connectivity index (χ3v) is 7.06. The normalized spacial score (nSPS) is 12.9. The molecule has 0 aliphatic rings. The number of aryl methyl sites for hydroxylation is 1. The summed E-state index contributed by atoms with van der Waals surface area (Å²) in [5.74, 6) is -0.921. The minimum atomic E-state index is -4.00. The highest BCUT2D eigenvalue weighted by atomic mass is 32.2. The van der Waals surface area contributed by atoms with Gasteiger partial charge < -0.3 is 10.2 Å². The number of non-ortho nitro benzene ring substituents is 1. The lowest BCUT2D eigenvalue weighted by molar-refractivity contribution is -0.384. The number of benzene rings is 2. The van der Waals surface area contributed by atoms with E-state index < -0.39 is 33.4 Å². The topological polar surface area (TPSA) is 130 Å². The molecule has 10 nitrogen and oxygen atoms in total. The largest absolute Gasteiger partial charge is 0.352 e. The molecular weight excluding hydrogens is 484 g/mol. The highest BCUT2D eigenvalue weighted by molar-refractivity contribution is 7.92. The minimum Gasteiger partial charge on any atom is -0.352 e. The van der Waals surface area contributed by atoms with E-state index in [1.54, 1.807) is 13.8 Å². The maximum Gasteiger partial charge on any atom is 0.271 e. The van der Waals surface area contributed by atoms with Gasteiger partial charge in [-0.3, -0.25) is 24.0 Å². The lowest BCUT2D eigenvalue weighted by Crippen LogP contribution is -2.53. The first-order chi connectivity index (χ1) is 16.9. The van der Waals surface area contributed by atoms with Crippen LogP contribution < -0.4 is 9.62 Å². The number of carbonyl (C=O) groups is 2. The molecular formula is C25H34N4O6S. The molecule has 0 aliphatic heterocycles. The summed E-state index contributed by atoms with van der Waals surface area (Å²) in [5, 5.41) is 14.2. The number of hydrogen-bond donors (Lipinski definition) is 1. The van der Waals surface area contributed by atoms with Crippen LogP contribution in [0.25, 0.3) is 0 Å². The Bertz CT molecular complexity index is 1190. The number of rotatable bonds is 12. The smallest absolute Gasteiger partial charge is 0.271 e. The van der Waals surface area contributed by atoms with Crippen molar-refractivity contribution in [3.8, 4) is 0 Å². The Balaban J connectivity index is 2.50. The number of sulfonamides is 1. The zero-order chi connectivity index (χ0) is 27.0. The molecule has 2 rings (SSSR count). The zero-order valence-corrected chi connectivity index (χ0v) is 22.1. The van der Waals surface area contributed by atoms with Gasteiger partial charge in [-0.25, -0.2) is 8.42 Å². The standard InChI is InChI=1S/C25H34N4O6S/c1-6-19(4)26-25(31)22(7-2)27(16-20-11-9-8-10-12-20)24(30)17-28(36(5,34)35)23-15-21(29(32)33)14-13-18(23)3/h8-15,19,22H,6-7,16-17H2,1-5H3,(H,26,31)/t19-,22+/m0/s1. The predicted molar refractivity (Wildman–Crippen MR) is 139 cm³/mol. The van der Waals surface area contributed by atoms with Crippen LogP contribution in [0.4, 0.5) is 11.4 Å². The average molecular weight is 519 g/mol. The molecule has 2 atom stereocenters. The zero-order valence-electron chi connectivity index (χ0n) is 21.3. The summed E-state index contributed by atoms with van der Waals surface area (Å²) < 4.78 is 26.3. The van der Waals surface area contributed by atoms with E-state index in [-0.39, 0.29) is 29.9 Å². The van der Waals surface area contributed by atoms with Crippen molar-refractivity contribution in [2.45, 2.75) is 59.2 Å². The second-order valence-electron chi connectivity index (χ2n) is 8.75. The van der Waals surface area contributed by atoms with Crippen LogP contribution in [0.15, 0.2) is 48.5 Å². The molecule has 11 heteroatoms. The molecule has 2 aromatic carbocycles. The van der Waals surface area contributed by atoms with Gasteiger partial charge in [-0.05, 0) is 37.8 Å². The SMILES string of the molecule is CC[C@H](C(=O)N[C@@H](C)CC)N(Cc1ccccc1)C(=O)CN(c1cc([N+](=O)[O-])ccc1C)S(C)(=O)=O. The number of amides is 2. The molecule has 0 saturated heterocycles. The Kier molecular flexibility index (Phi) is 9.97. The summed E-state index contributed by atoms with van der Waals surface area (Å²) in [6, 6.07) is 12.0. The van der Waals surface area contributed by atoms with E-state index >= 15 is 0 Å². The number of anilines is 1. The molecule has 0 radical (unpaired) electrons. The van der Waals surface area contributed by atoms with Crippen LogP contribution in [-0.2, 0) is 26.2 Å². The molecule has 0 heterocycles. The van der Waals surface area contributed by atoms with Gasteiger partial charge in [0, 0.05) is 24.7 Å². The second kappa shape index (κ2) is 12.5. The molecule has 0 aromatic heterocycles. The molecule has 2 amide bonds. The minimum absolute atomic E-state index is 0.0387. The lowest BCUT2D eigenvalue weighted by atomic mass is 10.1. The van der Waals surface area contributed by atoms with Crippen molar-refractivity contribution in [2.24, 2.45) is 0 Å². The van der Waals surface area contributed by atoms with Gasteiger partial charge in [0.2, 0.25) is 21.8 Å². The molecule has 36 heavy (non-hydrogen) atoms. The lowest BCUT2D eigenvalue weighted by Gasteiger charge is -2.33. The number of nitrogens with zero attached hydrogens (tertiary/aromatic N) is 3. The fraction of sp³-hybridized carbons (Fsp3) is 0.440. The number of nitrogens with one attached hydrogen (secondary N) is 1. The van der Waals surface area contributed by atoms with Gasteiger partial charge >= 0.3 is 0 Å². The van der Waals surface area contributed by atoms with E-state index in [0.717, 1.165) is 22.2 Å². The predicted octanol–water partition coefficient (Wildman–Crippen LogP) is 3.39. The number of nitro benzene ring substituents is 1. The molecule has 0 aliphatic carbocycles. The van der Waals surface area contributed by atoms with Crippen LogP contribution in [0.5, 0.6) is 0 Å². The molecule has 0 saturated carbocycles. The Labute approximate surface area is 212 Å². The maximum absolute atomic E-state index is 13.7. The molecule has 0 spiro atoms. The number of hydrogen-bond acceptors (Lipinski definition) is 6. The van der Waals surface area contributed by atoms with Gasteiger partial charge in [0.05, 0.1) is 16.9 Å². The van der Waals surface area contributed by atoms with E-state index in [4.69, 9.17) is 0 Å². The second-order valence-corrected chi connectivity index (χ2v) is 10.7. The van der Waals surface area contributed by atoms with Gasteiger partial charge in [0.15, 0.2) is 0 Å². The van der Waals surface area contributed by atoms with Crippen molar-refractivity contribution in [3.63, 3.8) is 0 Å². The number of carbonyl (C=O) groups excluding carboxylic acids is 2. The summed E-state index contributed by atoms with van der Waals surface area (Å²) in [5.41, 5.74) is 0.974. The first-order valence-electron chi connectivity index (χ1n) is 11.8.